The zero-order valence-electron chi connectivity index (χ0n) is 7.08. The van der Waals surface area contributed by atoms with Crippen molar-refractivity contribution in [2.45, 2.75) is 19.9 Å². The average Bonchev–Trinajstić information content (AvgIpc) is 2.16. The van der Waals surface area contributed by atoms with Crippen LogP contribution in [0.15, 0.2) is 24.5 Å². The van der Waals surface area contributed by atoms with Gasteiger partial charge in [0.1, 0.15) is 0 Å². The molecule has 12 heavy (non-hydrogen) atoms. The minimum atomic E-state index is 0. The number of nitrogens with zero attached hydrogens (tertiary/aromatic N) is 1. The molecule has 0 aliphatic heterocycles. The molecule has 3 heteroatoms. The Hall–Kier alpha value is -1.38. The molecule has 66 valence electrons. The lowest BCUT2D eigenvalue weighted by Gasteiger charge is -2.01. The fraction of sp³-hybridized carbons (Fsp3) is 0.333. The van der Waals surface area contributed by atoms with E-state index < -0.39 is 0 Å². The van der Waals surface area contributed by atoms with Crippen molar-refractivity contribution in [3.63, 3.8) is 0 Å². The highest BCUT2D eigenvalue weighted by atomic mass is 16.1. The lowest BCUT2D eigenvalue weighted by Crippen LogP contribution is -2.21. The highest BCUT2D eigenvalue weighted by Crippen LogP contribution is 1.94. The van der Waals surface area contributed by atoms with Gasteiger partial charge in [-0.15, -0.1) is 0 Å². The van der Waals surface area contributed by atoms with Gasteiger partial charge in [0.2, 0.25) is 5.91 Å². The van der Waals surface area contributed by atoms with Gasteiger partial charge in [0.25, 0.3) is 0 Å². The van der Waals surface area contributed by atoms with E-state index in [4.69, 9.17) is 0 Å². The maximum atomic E-state index is 10.9. The minimum absolute atomic E-state index is 0. The number of nitrogens with one attached hydrogen (secondary N) is 1. The van der Waals surface area contributed by atoms with Crippen LogP contribution in [-0.2, 0) is 11.3 Å². The van der Waals surface area contributed by atoms with E-state index in [0.717, 1.165) is 5.56 Å². The number of aromatic nitrogens is 1. The number of carbonyl (C=O) groups is 1. The smallest absolute Gasteiger partial charge is 0.219 e. The van der Waals surface area contributed by atoms with E-state index >= 15 is 0 Å². The Morgan fingerprint density at radius 2 is 2.58 bits per heavy atom. The summed E-state index contributed by atoms with van der Waals surface area (Å²) in [6.07, 6.45) is 3.99. The van der Waals surface area contributed by atoms with Gasteiger partial charge in [0.05, 0.1) is 0 Å². The third kappa shape index (κ3) is 2.70. The van der Waals surface area contributed by atoms with Crippen LogP contribution in [0.1, 0.15) is 20.3 Å². The van der Waals surface area contributed by atoms with Gasteiger partial charge in [-0.1, -0.05) is 13.0 Å². The molecule has 0 bridgehead atoms. The molecule has 1 aromatic rings. The first-order valence-corrected chi connectivity index (χ1v) is 3.98. The molecule has 0 spiro atoms. The molecule has 0 fully saturated rings. The van der Waals surface area contributed by atoms with Crippen molar-refractivity contribution in [2.75, 3.05) is 0 Å². The molecule has 0 aliphatic rings. The highest BCUT2D eigenvalue weighted by Gasteiger charge is 1.95. The molecule has 1 N–H and O–H groups in total. The second-order valence-corrected chi connectivity index (χ2v) is 2.49. The van der Waals surface area contributed by atoms with E-state index in [0.29, 0.717) is 13.0 Å². The Morgan fingerprint density at radius 3 is 3.17 bits per heavy atom. The lowest BCUT2D eigenvalue weighted by atomic mass is 10.3. The van der Waals surface area contributed by atoms with Gasteiger partial charge in [-0.25, -0.2) is 0 Å². The average molecular weight is 166 g/mol. The van der Waals surface area contributed by atoms with Crippen molar-refractivity contribution in [1.82, 2.24) is 10.3 Å². The Kier molecular flexibility index (Phi) is 3.26. The molecule has 3 nitrogen and oxygen atoms in total. The third-order valence-electron chi connectivity index (χ3n) is 1.53. The van der Waals surface area contributed by atoms with Gasteiger partial charge in [-0.3, -0.25) is 9.78 Å². The van der Waals surface area contributed by atoms with Crippen LogP contribution in [0.5, 0.6) is 0 Å². The predicted molar refractivity (Wildman–Crippen MR) is 48.5 cm³/mol. The molecule has 0 unspecified atom stereocenters. The van der Waals surface area contributed by atoms with E-state index in [-0.39, 0.29) is 7.33 Å². The first-order valence-electron chi connectivity index (χ1n) is 3.98. The van der Waals surface area contributed by atoms with Crippen molar-refractivity contribution >= 4 is 5.91 Å². The second-order valence-electron chi connectivity index (χ2n) is 2.49. The van der Waals surface area contributed by atoms with Crippen LogP contribution in [0.3, 0.4) is 0 Å². The summed E-state index contributed by atoms with van der Waals surface area (Å²) in [5.41, 5.74) is 1.03. The lowest BCUT2D eigenvalue weighted by molar-refractivity contribution is -0.120. The standard InChI is InChI=1S/C9H12N2O.H2/c1-2-9(12)11-7-8-4-3-5-10-6-8;/h3-6H,2,7H2,1H3,(H,11,12);1H. The summed E-state index contributed by atoms with van der Waals surface area (Å²) in [6, 6.07) is 3.79. The third-order valence-corrected chi connectivity index (χ3v) is 1.53. The molecular weight excluding hydrogens is 152 g/mol. The Morgan fingerprint density at radius 1 is 1.75 bits per heavy atom. The predicted octanol–water partition coefficient (Wildman–Crippen LogP) is 1.35. The van der Waals surface area contributed by atoms with Crippen LogP contribution in [0.4, 0.5) is 0 Å². The second kappa shape index (κ2) is 4.49. The molecule has 1 aromatic heterocycles. The fourth-order valence-corrected chi connectivity index (χ4v) is 0.828. The molecule has 0 radical (unpaired) electrons. The van der Waals surface area contributed by atoms with Crippen LogP contribution in [-0.4, -0.2) is 10.9 Å². The topological polar surface area (TPSA) is 42.0 Å². The van der Waals surface area contributed by atoms with Gasteiger partial charge in [0, 0.05) is 26.8 Å². The van der Waals surface area contributed by atoms with Crippen molar-refractivity contribution < 1.29 is 6.22 Å². The van der Waals surface area contributed by atoms with Crippen molar-refractivity contribution in [2.24, 2.45) is 0 Å². The van der Waals surface area contributed by atoms with Crippen LogP contribution in [0, 0.1) is 0 Å². The Labute approximate surface area is 73.3 Å². The summed E-state index contributed by atoms with van der Waals surface area (Å²) in [6.45, 7) is 2.40. The molecule has 0 saturated carbocycles. The summed E-state index contributed by atoms with van der Waals surface area (Å²) in [5.74, 6) is 0.0684. The number of amides is 1. The molecular formula is C9H14N2O. The van der Waals surface area contributed by atoms with E-state index in [1.807, 2.05) is 19.1 Å². The van der Waals surface area contributed by atoms with Crippen LogP contribution < -0.4 is 5.32 Å². The number of carbonyl (C=O) groups excluding carboxylic acids is 1. The zero-order chi connectivity index (χ0) is 8.81. The number of rotatable bonds is 3. The molecule has 0 aliphatic carbocycles. The van der Waals surface area contributed by atoms with Gasteiger partial charge in [-0.05, 0) is 11.6 Å². The first kappa shape index (κ1) is 8.71. The van der Waals surface area contributed by atoms with Crippen molar-refractivity contribution in [3.8, 4) is 0 Å². The summed E-state index contributed by atoms with van der Waals surface area (Å²) >= 11 is 0. The summed E-state index contributed by atoms with van der Waals surface area (Å²) in [4.78, 5) is 14.8. The number of pyridine rings is 1. The minimum Gasteiger partial charge on any atom is -0.352 e. The van der Waals surface area contributed by atoms with E-state index in [1.165, 1.54) is 0 Å². The van der Waals surface area contributed by atoms with Crippen LogP contribution in [0.2, 0.25) is 0 Å². The molecule has 1 heterocycles. The highest BCUT2D eigenvalue weighted by molar-refractivity contribution is 5.75. The summed E-state index contributed by atoms with van der Waals surface area (Å²) in [7, 11) is 0. The van der Waals surface area contributed by atoms with E-state index in [9.17, 15) is 4.79 Å². The summed E-state index contributed by atoms with van der Waals surface area (Å²) in [5, 5.41) is 2.77. The molecule has 0 aromatic carbocycles. The monoisotopic (exact) mass is 166 g/mol. The molecule has 1 rings (SSSR count). The zero-order valence-corrected chi connectivity index (χ0v) is 7.08. The molecule has 0 atom stereocenters. The van der Waals surface area contributed by atoms with E-state index in [2.05, 4.69) is 10.3 Å². The van der Waals surface area contributed by atoms with Crippen molar-refractivity contribution in [3.05, 3.63) is 30.1 Å². The first-order chi connectivity index (χ1) is 5.83. The van der Waals surface area contributed by atoms with Gasteiger partial charge >= 0.3 is 0 Å². The van der Waals surface area contributed by atoms with E-state index in [1.54, 1.807) is 12.4 Å². The SMILES string of the molecule is CCC(=O)NCc1cccnc1.[HH]. The Bertz CT molecular complexity index is 251. The normalized spacial score (nSPS) is 9.42. The number of hydrogen-bond acceptors (Lipinski definition) is 2. The van der Waals surface area contributed by atoms with Crippen LogP contribution in [0.25, 0.3) is 0 Å². The fourth-order valence-electron chi connectivity index (χ4n) is 0.828. The van der Waals surface area contributed by atoms with Gasteiger partial charge in [0.15, 0.2) is 0 Å². The van der Waals surface area contributed by atoms with Gasteiger partial charge in [-0.2, -0.15) is 0 Å². The molecule has 1 amide bonds. The van der Waals surface area contributed by atoms with Gasteiger partial charge < -0.3 is 5.32 Å². The van der Waals surface area contributed by atoms with Crippen LogP contribution >= 0.6 is 0 Å². The number of hydrogen-bond donors (Lipinski definition) is 1. The molecule has 0 saturated heterocycles. The largest absolute Gasteiger partial charge is 0.352 e. The van der Waals surface area contributed by atoms with Crippen molar-refractivity contribution in [1.29, 1.82) is 0 Å². The Balaban J connectivity index is 0.00000144. The quantitative estimate of drug-likeness (QED) is 0.736. The summed E-state index contributed by atoms with van der Waals surface area (Å²) < 4.78 is 0. The maximum absolute atomic E-state index is 10.9. The maximum Gasteiger partial charge on any atom is 0.219 e.